The number of aliphatic carboxylic acids is 1. The monoisotopic (exact) mass is 484 g/mol. The molecule has 0 aromatic heterocycles. The molecule has 3 amide bonds. The molecule has 0 fully saturated rings. The molecule has 5 N–H and O–H groups in total. The Morgan fingerprint density at radius 1 is 0.559 bits per heavy atom. The summed E-state index contributed by atoms with van der Waals surface area (Å²) in [5.74, 6) is -2.91. The maximum atomic E-state index is 13.3. The Hall–Kier alpha value is -2.16. The second kappa shape index (κ2) is 15.7. The van der Waals surface area contributed by atoms with Gasteiger partial charge in [0.2, 0.25) is 17.7 Å². The molecule has 9 nitrogen and oxygen atoms in total. The van der Waals surface area contributed by atoms with Gasteiger partial charge in [-0.05, 0) is 30.7 Å². The zero-order valence-corrected chi connectivity index (χ0v) is 22.5. The SMILES string of the molecule is CCC(C)C(NC(=O)C(NC(=O)C(NC(=O)C(NC)C(C)CC)C(C)CC)C(C)CC)C(=O)O. The van der Waals surface area contributed by atoms with Gasteiger partial charge in [0.1, 0.15) is 18.1 Å². The summed E-state index contributed by atoms with van der Waals surface area (Å²) in [5.41, 5.74) is 0. The number of amides is 3. The second-order valence-electron chi connectivity index (χ2n) is 9.61. The van der Waals surface area contributed by atoms with Crippen LogP contribution in [0.4, 0.5) is 0 Å². The molecular formula is C25H48N4O5. The van der Waals surface area contributed by atoms with E-state index in [9.17, 15) is 24.3 Å². The summed E-state index contributed by atoms with van der Waals surface area (Å²) in [5, 5.41) is 20.9. The van der Waals surface area contributed by atoms with Crippen LogP contribution in [0.15, 0.2) is 0 Å². The van der Waals surface area contributed by atoms with Crippen LogP contribution in [0.2, 0.25) is 0 Å². The van der Waals surface area contributed by atoms with E-state index < -0.39 is 42.0 Å². The first-order chi connectivity index (χ1) is 15.9. The molecule has 34 heavy (non-hydrogen) atoms. The van der Waals surface area contributed by atoms with Crippen molar-refractivity contribution in [3.8, 4) is 0 Å². The number of carboxylic acid groups (broad SMARTS) is 1. The molecule has 0 aliphatic heterocycles. The fraction of sp³-hybridized carbons (Fsp3) is 0.840. The summed E-state index contributed by atoms with van der Waals surface area (Å²) in [6.45, 7) is 15.1. The number of hydrogen-bond donors (Lipinski definition) is 5. The zero-order valence-electron chi connectivity index (χ0n) is 22.5. The highest BCUT2D eigenvalue weighted by Crippen LogP contribution is 2.15. The van der Waals surface area contributed by atoms with Crippen LogP contribution >= 0.6 is 0 Å². The van der Waals surface area contributed by atoms with E-state index in [4.69, 9.17) is 0 Å². The van der Waals surface area contributed by atoms with Gasteiger partial charge in [0, 0.05) is 0 Å². The van der Waals surface area contributed by atoms with Crippen LogP contribution in [0.3, 0.4) is 0 Å². The fourth-order valence-electron chi connectivity index (χ4n) is 3.73. The van der Waals surface area contributed by atoms with E-state index in [0.717, 1.165) is 6.42 Å². The number of carboxylic acids is 1. The first-order valence-electron chi connectivity index (χ1n) is 12.7. The zero-order chi connectivity index (χ0) is 26.6. The Kier molecular flexibility index (Phi) is 14.7. The molecule has 0 rings (SSSR count). The normalized spacial score (nSPS) is 18.4. The van der Waals surface area contributed by atoms with Crippen molar-refractivity contribution in [1.29, 1.82) is 0 Å². The van der Waals surface area contributed by atoms with Crippen LogP contribution in [-0.2, 0) is 19.2 Å². The van der Waals surface area contributed by atoms with Crippen molar-refractivity contribution in [2.45, 2.75) is 105 Å². The minimum atomic E-state index is -1.11. The van der Waals surface area contributed by atoms with Crippen LogP contribution in [0.1, 0.15) is 81.1 Å². The van der Waals surface area contributed by atoms with Gasteiger partial charge in [0.05, 0.1) is 6.04 Å². The highest BCUT2D eigenvalue weighted by molar-refractivity contribution is 5.94. The predicted molar refractivity (Wildman–Crippen MR) is 134 cm³/mol. The van der Waals surface area contributed by atoms with Gasteiger partial charge >= 0.3 is 5.97 Å². The first kappa shape index (κ1) is 31.8. The Labute approximate surface area is 205 Å². The van der Waals surface area contributed by atoms with Crippen molar-refractivity contribution in [2.24, 2.45) is 23.7 Å². The summed E-state index contributed by atoms with van der Waals surface area (Å²) >= 11 is 0. The van der Waals surface area contributed by atoms with Crippen LogP contribution in [0.25, 0.3) is 0 Å². The molecule has 0 saturated heterocycles. The minimum Gasteiger partial charge on any atom is -0.480 e. The topological polar surface area (TPSA) is 137 Å². The van der Waals surface area contributed by atoms with Gasteiger partial charge in [0.25, 0.3) is 0 Å². The largest absolute Gasteiger partial charge is 0.480 e. The van der Waals surface area contributed by atoms with E-state index in [1.165, 1.54) is 0 Å². The highest BCUT2D eigenvalue weighted by atomic mass is 16.4. The molecule has 8 atom stereocenters. The van der Waals surface area contributed by atoms with E-state index in [0.29, 0.717) is 19.3 Å². The summed E-state index contributed by atoms with van der Waals surface area (Å²) in [7, 11) is 1.72. The quantitative estimate of drug-likeness (QED) is 0.228. The third-order valence-electron chi connectivity index (χ3n) is 7.17. The Morgan fingerprint density at radius 3 is 1.12 bits per heavy atom. The van der Waals surface area contributed by atoms with Crippen LogP contribution in [0, 0.1) is 23.7 Å². The Morgan fingerprint density at radius 2 is 0.824 bits per heavy atom. The van der Waals surface area contributed by atoms with Crippen molar-refractivity contribution < 1.29 is 24.3 Å². The maximum Gasteiger partial charge on any atom is 0.326 e. The molecule has 0 heterocycles. The molecule has 0 bridgehead atoms. The molecule has 198 valence electrons. The van der Waals surface area contributed by atoms with Gasteiger partial charge in [-0.2, -0.15) is 0 Å². The Balaban J connectivity index is 5.77. The lowest BCUT2D eigenvalue weighted by Crippen LogP contribution is -2.61. The number of hydrogen-bond acceptors (Lipinski definition) is 5. The lowest BCUT2D eigenvalue weighted by molar-refractivity contribution is -0.144. The Bertz CT molecular complexity index is 672. The number of rotatable bonds is 16. The molecule has 0 aromatic rings. The molecule has 0 saturated carbocycles. The van der Waals surface area contributed by atoms with Gasteiger partial charge in [0.15, 0.2) is 0 Å². The lowest BCUT2D eigenvalue weighted by Gasteiger charge is -2.31. The second-order valence-corrected chi connectivity index (χ2v) is 9.61. The van der Waals surface area contributed by atoms with Crippen molar-refractivity contribution in [1.82, 2.24) is 21.3 Å². The number of nitrogens with one attached hydrogen (secondary N) is 4. The van der Waals surface area contributed by atoms with Gasteiger partial charge in [-0.25, -0.2) is 4.79 Å². The van der Waals surface area contributed by atoms with E-state index >= 15 is 0 Å². The summed E-state index contributed by atoms with van der Waals surface area (Å²) in [4.78, 5) is 51.1. The van der Waals surface area contributed by atoms with Crippen LogP contribution in [0.5, 0.6) is 0 Å². The fourth-order valence-corrected chi connectivity index (χ4v) is 3.73. The molecule has 0 aliphatic rings. The lowest BCUT2D eigenvalue weighted by atomic mass is 9.93. The molecule has 0 aliphatic carbocycles. The van der Waals surface area contributed by atoms with Crippen LogP contribution < -0.4 is 21.3 Å². The van der Waals surface area contributed by atoms with Gasteiger partial charge in [-0.1, -0.05) is 81.1 Å². The summed E-state index contributed by atoms with van der Waals surface area (Å²) < 4.78 is 0. The van der Waals surface area contributed by atoms with Gasteiger partial charge < -0.3 is 26.4 Å². The van der Waals surface area contributed by atoms with E-state index in [-0.39, 0.29) is 29.6 Å². The summed E-state index contributed by atoms with van der Waals surface area (Å²) in [6, 6.07) is -3.22. The number of carbonyl (C=O) groups is 4. The number of carbonyl (C=O) groups excluding carboxylic acids is 3. The number of likely N-dealkylation sites (N-methyl/N-ethyl adjacent to an activating group) is 1. The molecule has 8 unspecified atom stereocenters. The average molecular weight is 485 g/mol. The summed E-state index contributed by atoms with van der Waals surface area (Å²) in [6.07, 6.45) is 2.65. The van der Waals surface area contributed by atoms with Crippen molar-refractivity contribution in [3.05, 3.63) is 0 Å². The molecule has 9 heteroatoms. The van der Waals surface area contributed by atoms with E-state index in [2.05, 4.69) is 21.3 Å². The maximum absolute atomic E-state index is 13.3. The third kappa shape index (κ3) is 9.24. The molecule has 0 aromatic carbocycles. The molecular weight excluding hydrogens is 436 g/mol. The van der Waals surface area contributed by atoms with Crippen LogP contribution in [-0.4, -0.2) is 60.0 Å². The predicted octanol–water partition coefficient (Wildman–Crippen LogP) is 2.30. The smallest absolute Gasteiger partial charge is 0.326 e. The highest BCUT2D eigenvalue weighted by Gasteiger charge is 2.35. The van der Waals surface area contributed by atoms with Crippen molar-refractivity contribution >= 4 is 23.7 Å². The first-order valence-corrected chi connectivity index (χ1v) is 12.7. The van der Waals surface area contributed by atoms with E-state index in [1.54, 1.807) is 14.0 Å². The van der Waals surface area contributed by atoms with Crippen molar-refractivity contribution in [3.63, 3.8) is 0 Å². The molecule has 0 spiro atoms. The minimum absolute atomic E-state index is 0.0813. The van der Waals surface area contributed by atoms with Gasteiger partial charge in [-0.15, -0.1) is 0 Å². The van der Waals surface area contributed by atoms with Gasteiger partial charge in [-0.3, -0.25) is 14.4 Å². The third-order valence-corrected chi connectivity index (χ3v) is 7.17. The van der Waals surface area contributed by atoms with Crippen molar-refractivity contribution in [2.75, 3.05) is 7.05 Å². The van der Waals surface area contributed by atoms with E-state index in [1.807, 2.05) is 48.5 Å². The average Bonchev–Trinajstić information content (AvgIpc) is 2.82. The standard InChI is InChI=1S/C25H48N4O5/c1-10-14(5)18(26-9)22(30)27-19(15(6)11-2)23(31)28-20(16(7)12-3)24(32)29-21(25(33)34)17(8)13-4/h14-21,26H,10-13H2,1-9H3,(H,27,30)(H,28,31)(H,29,32)(H,33,34). The molecule has 0 radical (unpaired) electrons.